The summed E-state index contributed by atoms with van der Waals surface area (Å²) in [6, 6.07) is 12.6. The van der Waals surface area contributed by atoms with Crippen LogP contribution in [0.1, 0.15) is 23.6 Å². The van der Waals surface area contributed by atoms with Crippen LogP contribution in [0.3, 0.4) is 0 Å². The van der Waals surface area contributed by atoms with Crippen LogP contribution in [0.4, 0.5) is 0 Å². The van der Waals surface area contributed by atoms with E-state index in [0.29, 0.717) is 15.6 Å². The molecule has 3 nitrogen and oxygen atoms in total. The maximum Gasteiger partial charge on any atom is 0.216 e. The van der Waals surface area contributed by atoms with Gasteiger partial charge in [-0.25, -0.2) is 13.1 Å². The van der Waals surface area contributed by atoms with E-state index in [0.717, 1.165) is 12.0 Å². The van der Waals surface area contributed by atoms with E-state index in [-0.39, 0.29) is 12.3 Å². The summed E-state index contributed by atoms with van der Waals surface area (Å²) < 4.78 is 26.8. The van der Waals surface area contributed by atoms with Gasteiger partial charge in [0.25, 0.3) is 0 Å². The molecule has 0 unspecified atom stereocenters. The molecule has 0 atom stereocenters. The Kier molecular flexibility index (Phi) is 5.87. The van der Waals surface area contributed by atoms with Crippen LogP contribution in [-0.2, 0) is 28.7 Å². The topological polar surface area (TPSA) is 46.2 Å². The molecule has 0 bridgehead atoms. The van der Waals surface area contributed by atoms with Crippen molar-refractivity contribution in [3.05, 3.63) is 69.2 Å². The van der Waals surface area contributed by atoms with Crippen molar-refractivity contribution in [1.29, 1.82) is 0 Å². The third-order valence-electron chi connectivity index (χ3n) is 3.21. The highest BCUT2D eigenvalue weighted by atomic mass is 35.5. The Bertz CT molecular complexity index is 723. The summed E-state index contributed by atoms with van der Waals surface area (Å²) in [5.74, 6) is -0.152. The molecule has 0 spiro atoms. The molecule has 0 heterocycles. The number of rotatable bonds is 6. The number of hydrogen-bond acceptors (Lipinski definition) is 2. The lowest BCUT2D eigenvalue weighted by molar-refractivity contribution is 0.580. The van der Waals surface area contributed by atoms with Gasteiger partial charge in [-0.3, -0.25) is 0 Å². The van der Waals surface area contributed by atoms with Gasteiger partial charge in [-0.05, 0) is 41.3 Å². The lowest BCUT2D eigenvalue weighted by Gasteiger charge is -2.08. The molecule has 0 amide bonds. The zero-order valence-electron chi connectivity index (χ0n) is 12.1. The average molecular weight is 358 g/mol. The van der Waals surface area contributed by atoms with Crippen LogP contribution in [0, 0.1) is 0 Å². The first-order valence-corrected chi connectivity index (χ1v) is 9.29. The van der Waals surface area contributed by atoms with Crippen molar-refractivity contribution < 1.29 is 8.42 Å². The maximum atomic E-state index is 12.1. The summed E-state index contributed by atoms with van der Waals surface area (Å²) in [5.41, 5.74) is 2.71. The van der Waals surface area contributed by atoms with E-state index in [4.69, 9.17) is 23.2 Å². The second-order valence-electron chi connectivity index (χ2n) is 5.03. The predicted molar refractivity (Wildman–Crippen MR) is 91.7 cm³/mol. The predicted octanol–water partition coefficient (Wildman–Crippen LogP) is 4.18. The second kappa shape index (κ2) is 7.47. The summed E-state index contributed by atoms with van der Waals surface area (Å²) in [7, 11) is -3.45. The Morgan fingerprint density at radius 3 is 2.00 bits per heavy atom. The van der Waals surface area contributed by atoms with Crippen LogP contribution in [0.5, 0.6) is 0 Å². The molecule has 0 aliphatic rings. The lowest BCUT2D eigenvalue weighted by atomic mass is 10.1. The largest absolute Gasteiger partial charge is 0.216 e. The number of halogens is 2. The SMILES string of the molecule is CCc1ccc(CNS(=O)(=O)Cc2cc(Cl)cc(Cl)c2)cc1. The average Bonchev–Trinajstić information content (AvgIpc) is 2.44. The minimum Gasteiger partial charge on any atom is -0.212 e. The Labute approximate surface area is 141 Å². The summed E-state index contributed by atoms with van der Waals surface area (Å²) in [5, 5.41) is 0.848. The molecule has 0 fully saturated rings. The van der Waals surface area contributed by atoms with Crippen LogP contribution in [-0.4, -0.2) is 8.42 Å². The number of benzene rings is 2. The van der Waals surface area contributed by atoms with E-state index in [2.05, 4.69) is 11.6 Å². The molecular formula is C16H17Cl2NO2S. The zero-order valence-corrected chi connectivity index (χ0v) is 14.5. The van der Waals surface area contributed by atoms with E-state index in [1.54, 1.807) is 18.2 Å². The van der Waals surface area contributed by atoms with Gasteiger partial charge in [0.05, 0.1) is 5.75 Å². The third kappa shape index (κ3) is 5.29. The fourth-order valence-electron chi connectivity index (χ4n) is 2.05. The quantitative estimate of drug-likeness (QED) is 0.842. The number of sulfonamides is 1. The van der Waals surface area contributed by atoms with E-state index < -0.39 is 10.0 Å². The molecular weight excluding hydrogens is 341 g/mol. The molecule has 2 aromatic rings. The van der Waals surface area contributed by atoms with Gasteiger partial charge < -0.3 is 0 Å². The Balaban J connectivity index is 2.01. The zero-order chi connectivity index (χ0) is 16.2. The van der Waals surface area contributed by atoms with Gasteiger partial charge in [0.1, 0.15) is 0 Å². The summed E-state index contributed by atoms with van der Waals surface area (Å²) in [6.07, 6.45) is 0.960. The summed E-state index contributed by atoms with van der Waals surface area (Å²) in [6.45, 7) is 2.34. The molecule has 2 rings (SSSR count). The Morgan fingerprint density at radius 2 is 1.45 bits per heavy atom. The number of hydrogen-bond donors (Lipinski definition) is 1. The van der Waals surface area contributed by atoms with E-state index >= 15 is 0 Å². The van der Waals surface area contributed by atoms with E-state index in [1.807, 2.05) is 24.3 Å². The van der Waals surface area contributed by atoms with Crippen molar-refractivity contribution >= 4 is 33.2 Å². The number of aryl methyl sites for hydroxylation is 1. The van der Waals surface area contributed by atoms with Crippen molar-refractivity contribution in [3.63, 3.8) is 0 Å². The highest BCUT2D eigenvalue weighted by Crippen LogP contribution is 2.20. The van der Waals surface area contributed by atoms with Gasteiger partial charge in [-0.2, -0.15) is 0 Å². The summed E-state index contributed by atoms with van der Waals surface area (Å²) >= 11 is 11.8. The van der Waals surface area contributed by atoms with Crippen molar-refractivity contribution in [2.45, 2.75) is 25.6 Å². The monoisotopic (exact) mass is 357 g/mol. The van der Waals surface area contributed by atoms with Crippen LogP contribution in [0.2, 0.25) is 10.0 Å². The Morgan fingerprint density at radius 1 is 0.909 bits per heavy atom. The van der Waals surface area contributed by atoms with Gasteiger partial charge in [0.15, 0.2) is 0 Å². The molecule has 0 aliphatic heterocycles. The van der Waals surface area contributed by atoms with Crippen LogP contribution in [0.25, 0.3) is 0 Å². The second-order valence-corrected chi connectivity index (χ2v) is 7.71. The molecule has 0 radical (unpaired) electrons. The van der Waals surface area contributed by atoms with Crippen molar-refractivity contribution in [1.82, 2.24) is 4.72 Å². The first-order chi connectivity index (χ1) is 10.4. The molecule has 0 saturated carbocycles. The van der Waals surface area contributed by atoms with Gasteiger partial charge in [-0.1, -0.05) is 54.4 Å². The molecule has 0 saturated heterocycles. The lowest BCUT2D eigenvalue weighted by Crippen LogP contribution is -2.24. The molecule has 0 aliphatic carbocycles. The maximum absolute atomic E-state index is 12.1. The minimum absolute atomic E-state index is 0.152. The molecule has 22 heavy (non-hydrogen) atoms. The normalized spacial score (nSPS) is 11.6. The first-order valence-electron chi connectivity index (χ1n) is 6.88. The first kappa shape index (κ1) is 17.3. The highest BCUT2D eigenvalue weighted by Gasteiger charge is 2.12. The molecule has 1 N–H and O–H groups in total. The standard InChI is InChI=1S/C16H17Cl2NO2S/c1-2-12-3-5-13(6-4-12)10-19-22(20,21)11-14-7-15(17)9-16(18)8-14/h3-9,19H,2,10-11H2,1H3. The third-order valence-corrected chi connectivity index (χ3v) is 4.94. The van der Waals surface area contributed by atoms with Crippen LogP contribution < -0.4 is 4.72 Å². The molecule has 0 aromatic heterocycles. The van der Waals surface area contributed by atoms with Crippen molar-refractivity contribution in [2.24, 2.45) is 0 Å². The highest BCUT2D eigenvalue weighted by molar-refractivity contribution is 7.88. The minimum atomic E-state index is -3.45. The van der Waals surface area contributed by atoms with E-state index in [9.17, 15) is 8.42 Å². The smallest absolute Gasteiger partial charge is 0.212 e. The van der Waals surface area contributed by atoms with Crippen LogP contribution in [0.15, 0.2) is 42.5 Å². The van der Waals surface area contributed by atoms with Gasteiger partial charge in [-0.15, -0.1) is 0 Å². The fraction of sp³-hybridized carbons (Fsp3) is 0.250. The molecule has 118 valence electrons. The van der Waals surface area contributed by atoms with Gasteiger partial charge in [0.2, 0.25) is 10.0 Å². The Hall–Kier alpha value is -1.07. The number of nitrogens with one attached hydrogen (secondary N) is 1. The van der Waals surface area contributed by atoms with Gasteiger partial charge >= 0.3 is 0 Å². The van der Waals surface area contributed by atoms with Crippen molar-refractivity contribution in [3.8, 4) is 0 Å². The van der Waals surface area contributed by atoms with Crippen LogP contribution >= 0.6 is 23.2 Å². The van der Waals surface area contributed by atoms with Crippen molar-refractivity contribution in [2.75, 3.05) is 0 Å². The summed E-state index contributed by atoms with van der Waals surface area (Å²) in [4.78, 5) is 0. The molecule has 2 aromatic carbocycles. The van der Waals surface area contributed by atoms with Gasteiger partial charge in [0, 0.05) is 16.6 Å². The molecule has 6 heteroatoms. The van der Waals surface area contributed by atoms with E-state index in [1.165, 1.54) is 5.56 Å². The fourth-order valence-corrected chi connectivity index (χ4v) is 3.72.